The van der Waals surface area contributed by atoms with Gasteiger partial charge in [0.15, 0.2) is 0 Å². The maximum atomic E-state index is 13.3. The molecule has 178 valence electrons. The molecular formula is C24H31N3O6. The Morgan fingerprint density at radius 1 is 1.06 bits per heavy atom. The van der Waals surface area contributed by atoms with Crippen molar-refractivity contribution in [2.24, 2.45) is 0 Å². The van der Waals surface area contributed by atoms with Crippen LogP contribution < -0.4 is 10.6 Å². The summed E-state index contributed by atoms with van der Waals surface area (Å²) in [6, 6.07) is 11.9. The molecule has 0 aromatic heterocycles. The van der Waals surface area contributed by atoms with Gasteiger partial charge in [-0.1, -0.05) is 30.3 Å². The van der Waals surface area contributed by atoms with Crippen molar-refractivity contribution in [3.8, 4) is 5.75 Å². The number of benzene rings is 2. The highest BCUT2D eigenvalue weighted by Crippen LogP contribution is 2.26. The number of para-hydroxylation sites is 1. The van der Waals surface area contributed by atoms with Crippen LogP contribution in [0, 0.1) is 6.92 Å². The molecule has 1 unspecified atom stereocenters. The third kappa shape index (κ3) is 7.80. The number of carbonyl (C=O) groups is 3. The number of carbonyl (C=O) groups excluding carboxylic acids is 3. The second-order valence-electron chi connectivity index (χ2n) is 8.46. The van der Waals surface area contributed by atoms with Crippen molar-refractivity contribution in [3.63, 3.8) is 0 Å². The number of aryl methyl sites for hydroxylation is 1. The molecule has 9 nitrogen and oxygen atoms in total. The van der Waals surface area contributed by atoms with Crippen molar-refractivity contribution in [2.75, 3.05) is 25.0 Å². The summed E-state index contributed by atoms with van der Waals surface area (Å²) >= 11 is 0. The van der Waals surface area contributed by atoms with Gasteiger partial charge in [0, 0.05) is 12.2 Å². The first-order valence-corrected chi connectivity index (χ1v) is 10.5. The second kappa shape index (κ2) is 11.3. The van der Waals surface area contributed by atoms with E-state index in [0.29, 0.717) is 11.3 Å². The molecule has 0 aliphatic heterocycles. The smallest absolute Gasteiger partial charge is 0.408 e. The van der Waals surface area contributed by atoms with Crippen LogP contribution in [0.4, 0.5) is 10.5 Å². The van der Waals surface area contributed by atoms with Gasteiger partial charge in [0.25, 0.3) is 5.91 Å². The zero-order valence-electron chi connectivity index (χ0n) is 19.3. The lowest BCUT2D eigenvalue weighted by molar-refractivity contribution is -0.138. The topological polar surface area (TPSA) is 128 Å². The van der Waals surface area contributed by atoms with Crippen LogP contribution in [-0.2, 0) is 14.3 Å². The number of aliphatic hydroxyl groups is 1. The van der Waals surface area contributed by atoms with Gasteiger partial charge in [-0.3, -0.25) is 9.59 Å². The van der Waals surface area contributed by atoms with Gasteiger partial charge >= 0.3 is 6.09 Å². The summed E-state index contributed by atoms with van der Waals surface area (Å²) in [5.74, 6) is -1.09. The average Bonchev–Trinajstić information content (AvgIpc) is 2.73. The molecule has 4 N–H and O–H groups in total. The minimum absolute atomic E-state index is 0.00318. The molecule has 2 aromatic carbocycles. The lowest BCUT2D eigenvalue weighted by atomic mass is 10.0. The molecule has 1 atom stereocenters. The van der Waals surface area contributed by atoms with Crippen molar-refractivity contribution in [1.82, 2.24) is 10.2 Å². The van der Waals surface area contributed by atoms with E-state index in [2.05, 4.69) is 10.6 Å². The fraction of sp³-hybridized carbons (Fsp3) is 0.375. The Morgan fingerprint density at radius 2 is 1.70 bits per heavy atom. The molecule has 33 heavy (non-hydrogen) atoms. The number of nitrogens with zero attached hydrogens (tertiary/aromatic N) is 1. The van der Waals surface area contributed by atoms with Gasteiger partial charge in [0.2, 0.25) is 5.91 Å². The van der Waals surface area contributed by atoms with E-state index in [0.717, 1.165) is 5.56 Å². The fourth-order valence-corrected chi connectivity index (χ4v) is 3.11. The fourth-order valence-electron chi connectivity index (χ4n) is 3.11. The minimum Gasteiger partial charge on any atom is -0.508 e. The minimum atomic E-state index is -1.12. The Balaban J connectivity index is 2.31. The zero-order valence-corrected chi connectivity index (χ0v) is 19.3. The Labute approximate surface area is 193 Å². The van der Waals surface area contributed by atoms with Gasteiger partial charge < -0.3 is 30.5 Å². The quantitative estimate of drug-likeness (QED) is 0.483. The molecule has 0 fully saturated rings. The van der Waals surface area contributed by atoms with Crippen LogP contribution in [0.5, 0.6) is 5.75 Å². The number of aromatic hydroxyl groups is 1. The highest BCUT2D eigenvalue weighted by Gasteiger charge is 2.32. The molecule has 0 bridgehead atoms. The summed E-state index contributed by atoms with van der Waals surface area (Å²) in [6.45, 7) is 5.95. The molecule has 0 aliphatic rings. The summed E-state index contributed by atoms with van der Waals surface area (Å²) in [4.78, 5) is 39.5. The van der Waals surface area contributed by atoms with E-state index in [4.69, 9.17) is 4.74 Å². The van der Waals surface area contributed by atoms with E-state index < -0.39 is 42.7 Å². The first-order valence-electron chi connectivity index (χ1n) is 10.5. The van der Waals surface area contributed by atoms with Gasteiger partial charge in [-0.25, -0.2) is 4.79 Å². The summed E-state index contributed by atoms with van der Waals surface area (Å²) in [5, 5.41) is 24.5. The number of rotatable bonds is 8. The molecule has 0 saturated heterocycles. The summed E-state index contributed by atoms with van der Waals surface area (Å²) in [7, 11) is 0. The van der Waals surface area contributed by atoms with Crippen molar-refractivity contribution in [3.05, 3.63) is 59.7 Å². The standard InChI is InChI=1S/C24H31N3O6/c1-16-7-5-6-8-19(16)26-22(31)21(17-9-11-18(29)12-10-17)27(13-14-28)20(30)15-25-23(32)33-24(2,3)4/h5-12,21,28-29H,13-15H2,1-4H3,(H,25,32)(H,26,31). The second-order valence-corrected chi connectivity index (χ2v) is 8.46. The van der Waals surface area contributed by atoms with Gasteiger partial charge in [-0.15, -0.1) is 0 Å². The summed E-state index contributed by atoms with van der Waals surface area (Å²) in [6.07, 6.45) is -0.773. The number of anilines is 1. The highest BCUT2D eigenvalue weighted by molar-refractivity contribution is 5.98. The molecule has 0 heterocycles. The molecule has 2 rings (SSSR count). The molecule has 0 saturated carbocycles. The summed E-state index contributed by atoms with van der Waals surface area (Å²) in [5.41, 5.74) is 1.11. The number of hydrogen-bond donors (Lipinski definition) is 4. The van der Waals surface area contributed by atoms with E-state index in [1.807, 2.05) is 19.1 Å². The molecule has 0 radical (unpaired) electrons. The van der Waals surface area contributed by atoms with Crippen LogP contribution in [0.15, 0.2) is 48.5 Å². The Hall–Kier alpha value is -3.59. The predicted octanol–water partition coefficient (Wildman–Crippen LogP) is 2.73. The molecule has 2 aromatic rings. The maximum absolute atomic E-state index is 13.3. The largest absolute Gasteiger partial charge is 0.508 e. The number of ether oxygens (including phenoxy) is 1. The predicted molar refractivity (Wildman–Crippen MR) is 124 cm³/mol. The number of nitrogens with one attached hydrogen (secondary N) is 2. The van der Waals surface area contributed by atoms with E-state index in [1.54, 1.807) is 32.9 Å². The van der Waals surface area contributed by atoms with Gasteiger partial charge in [0.05, 0.1) is 6.61 Å². The van der Waals surface area contributed by atoms with Crippen LogP contribution in [-0.4, -0.2) is 58.3 Å². The van der Waals surface area contributed by atoms with Crippen LogP contribution >= 0.6 is 0 Å². The molecule has 3 amide bonds. The maximum Gasteiger partial charge on any atom is 0.408 e. The van der Waals surface area contributed by atoms with E-state index in [1.165, 1.54) is 29.2 Å². The zero-order chi connectivity index (χ0) is 24.6. The number of amides is 3. The third-order valence-corrected chi connectivity index (χ3v) is 4.62. The monoisotopic (exact) mass is 457 g/mol. The van der Waals surface area contributed by atoms with Crippen LogP contribution in [0.3, 0.4) is 0 Å². The first kappa shape index (κ1) is 25.7. The van der Waals surface area contributed by atoms with Gasteiger partial charge in [-0.2, -0.15) is 0 Å². The van der Waals surface area contributed by atoms with E-state index in [-0.39, 0.29) is 12.3 Å². The first-order chi connectivity index (χ1) is 15.5. The van der Waals surface area contributed by atoms with Crippen LogP contribution in [0.25, 0.3) is 0 Å². The Bertz CT molecular complexity index is 969. The van der Waals surface area contributed by atoms with Gasteiger partial charge in [-0.05, 0) is 57.0 Å². The Kier molecular flexibility index (Phi) is 8.81. The number of phenolic OH excluding ortho intramolecular Hbond substituents is 1. The lowest BCUT2D eigenvalue weighted by Gasteiger charge is -2.31. The SMILES string of the molecule is Cc1ccccc1NC(=O)C(c1ccc(O)cc1)N(CCO)C(=O)CNC(=O)OC(C)(C)C. The molecule has 0 aliphatic carbocycles. The number of alkyl carbamates (subject to hydrolysis) is 1. The lowest BCUT2D eigenvalue weighted by Crippen LogP contribution is -2.47. The third-order valence-electron chi connectivity index (χ3n) is 4.62. The number of phenols is 1. The van der Waals surface area contributed by atoms with Crippen LogP contribution in [0.1, 0.15) is 37.9 Å². The Morgan fingerprint density at radius 3 is 2.27 bits per heavy atom. The molecule has 0 spiro atoms. The average molecular weight is 458 g/mol. The van der Waals surface area contributed by atoms with E-state index in [9.17, 15) is 24.6 Å². The highest BCUT2D eigenvalue weighted by atomic mass is 16.6. The molecular weight excluding hydrogens is 426 g/mol. The van der Waals surface area contributed by atoms with Crippen LogP contribution in [0.2, 0.25) is 0 Å². The van der Waals surface area contributed by atoms with Crippen molar-refractivity contribution < 1.29 is 29.3 Å². The summed E-state index contributed by atoms with van der Waals surface area (Å²) < 4.78 is 5.15. The van der Waals surface area contributed by atoms with Crippen molar-refractivity contribution in [2.45, 2.75) is 39.3 Å². The number of aliphatic hydroxyl groups excluding tert-OH is 1. The van der Waals surface area contributed by atoms with Gasteiger partial charge in [0.1, 0.15) is 23.9 Å². The normalized spacial score (nSPS) is 11.9. The number of hydrogen-bond acceptors (Lipinski definition) is 6. The van der Waals surface area contributed by atoms with Crippen molar-refractivity contribution >= 4 is 23.6 Å². The van der Waals surface area contributed by atoms with Crippen molar-refractivity contribution in [1.29, 1.82) is 0 Å². The molecule has 9 heteroatoms. The van der Waals surface area contributed by atoms with E-state index >= 15 is 0 Å².